The third kappa shape index (κ3) is 4.63. The standard InChI is InChI=1S/C17H28N4O2S/c1-5-23-16(22)21-10-8-20(9-11-21)15(18-4)19-13-17(2,3)14-7-6-12-24-14/h6-7,12H,5,8-11,13H2,1-4H3,(H,18,19). The molecule has 2 rings (SSSR count). The van der Waals surface area contributed by atoms with E-state index in [1.807, 2.05) is 6.92 Å². The molecule has 0 radical (unpaired) electrons. The van der Waals surface area contributed by atoms with E-state index in [2.05, 4.69) is 46.6 Å². The minimum Gasteiger partial charge on any atom is -0.450 e. The van der Waals surface area contributed by atoms with Crippen molar-refractivity contribution >= 4 is 23.4 Å². The number of hydrogen-bond acceptors (Lipinski definition) is 4. The highest BCUT2D eigenvalue weighted by molar-refractivity contribution is 7.10. The van der Waals surface area contributed by atoms with Gasteiger partial charge in [-0.25, -0.2) is 4.79 Å². The van der Waals surface area contributed by atoms with Crippen LogP contribution in [0, 0.1) is 0 Å². The number of nitrogens with zero attached hydrogens (tertiary/aromatic N) is 3. The second-order valence-corrected chi connectivity index (χ2v) is 7.38. The summed E-state index contributed by atoms with van der Waals surface area (Å²) in [4.78, 5) is 21.5. The zero-order chi connectivity index (χ0) is 17.6. The summed E-state index contributed by atoms with van der Waals surface area (Å²) in [6.45, 7) is 10.4. The summed E-state index contributed by atoms with van der Waals surface area (Å²) in [5.74, 6) is 0.892. The van der Waals surface area contributed by atoms with Gasteiger partial charge in [0.25, 0.3) is 0 Å². The molecule has 1 aromatic rings. The van der Waals surface area contributed by atoms with Crippen LogP contribution < -0.4 is 5.32 Å². The van der Waals surface area contributed by atoms with Crippen molar-refractivity contribution in [1.29, 1.82) is 0 Å². The SMILES string of the molecule is CCOC(=O)N1CCN(C(=NC)NCC(C)(C)c2cccs2)CC1. The number of guanidine groups is 1. The molecule has 7 heteroatoms. The summed E-state index contributed by atoms with van der Waals surface area (Å²) in [7, 11) is 1.80. The lowest BCUT2D eigenvalue weighted by atomic mass is 9.91. The van der Waals surface area contributed by atoms with Crippen LogP contribution in [-0.2, 0) is 10.2 Å². The van der Waals surface area contributed by atoms with Crippen LogP contribution in [0.4, 0.5) is 4.79 Å². The molecule has 1 amide bonds. The summed E-state index contributed by atoms with van der Waals surface area (Å²) in [5.41, 5.74) is 0.0524. The van der Waals surface area contributed by atoms with E-state index in [1.165, 1.54) is 4.88 Å². The molecule has 24 heavy (non-hydrogen) atoms. The zero-order valence-corrected chi connectivity index (χ0v) is 15.9. The highest BCUT2D eigenvalue weighted by Gasteiger charge is 2.26. The summed E-state index contributed by atoms with van der Waals surface area (Å²) in [6.07, 6.45) is -0.223. The van der Waals surface area contributed by atoms with Crippen LogP contribution in [0.1, 0.15) is 25.6 Å². The Hall–Kier alpha value is -1.76. The van der Waals surface area contributed by atoms with Gasteiger partial charge >= 0.3 is 6.09 Å². The van der Waals surface area contributed by atoms with Gasteiger partial charge in [0.2, 0.25) is 0 Å². The second kappa shape index (κ2) is 8.37. The number of piperazine rings is 1. The first-order valence-corrected chi connectivity index (χ1v) is 9.27. The van der Waals surface area contributed by atoms with Crippen LogP contribution in [0.3, 0.4) is 0 Å². The fourth-order valence-corrected chi connectivity index (χ4v) is 3.55. The van der Waals surface area contributed by atoms with Gasteiger partial charge in [0, 0.05) is 50.1 Å². The first-order chi connectivity index (χ1) is 11.5. The summed E-state index contributed by atoms with van der Waals surface area (Å²) in [5, 5.41) is 5.60. The number of nitrogens with one attached hydrogen (secondary N) is 1. The monoisotopic (exact) mass is 352 g/mol. The fourth-order valence-electron chi connectivity index (χ4n) is 2.70. The lowest BCUT2D eigenvalue weighted by Crippen LogP contribution is -2.54. The van der Waals surface area contributed by atoms with Gasteiger partial charge in [-0.2, -0.15) is 0 Å². The Morgan fingerprint density at radius 1 is 1.33 bits per heavy atom. The molecular formula is C17H28N4O2S. The molecule has 0 aromatic carbocycles. The van der Waals surface area contributed by atoms with Crippen LogP contribution in [0.25, 0.3) is 0 Å². The Morgan fingerprint density at radius 3 is 2.54 bits per heavy atom. The maximum atomic E-state index is 11.8. The second-order valence-electron chi connectivity index (χ2n) is 6.43. The number of carbonyl (C=O) groups is 1. The molecule has 1 aliphatic rings. The predicted octanol–water partition coefficient (Wildman–Crippen LogP) is 2.38. The number of ether oxygens (including phenoxy) is 1. The smallest absolute Gasteiger partial charge is 0.409 e. The normalized spacial score (nSPS) is 16.2. The van der Waals surface area contributed by atoms with E-state index in [4.69, 9.17) is 4.74 Å². The minimum absolute atomic E-state index is 0.0524. The zero-order valence-electron chi connectivity index (χ0n) is 15.0. The van der Waals surface area contributed by atoms with E-state index < -0.39 is 0 Å². The van der Waals surface area contributed by atoms with Gasteiger partial charge in [0.1, 0.15) is 0 Å². The molecule has 1 saturated heterocycles. The molecule has 6 nitrogen and oxygen atoms in total. The number of rotatable bonds is 4. The largest absolute Gasteiger partial charge is 0.450 e. The molecule has 134 valence electrons. The van der Waals surface area contributed by atoms with Crippen molar-refractivity contribution < 1.29 is 9.53 Å². The summed E-state index contributed by atoms with van der Waals surface area (Å²) >= 11 is 1.78. The Bertz CT molecular complexity index is 549. The molecule has 1 fully saturated rings. The van der Waals surface area contributed by atoms with E-state index in [9.17, 15) is 4.79 Å². The number of thiophene rings is 1. The minimum atomic E-state index is -0.223. The highest BCUT2D eigenvalue weighted by atomic mass is 32.1. The van der Waals surface area contributed by atoms with Gasteiger partial charge in [-0.05, 0) is 18.4 Å². The molecule has 0 atom stereocenters. The molecule has 0 bridgehead atoms. The molecular weight excluding hydrogens is 324 g/mol. The van der Waals surface area contributed by atoms with Crippen molar-refractivity contribution in [3.8, 4) is 0 Å². The first kappa shape index (κ1) is 18.6. The summed E-state index contributed by atoms with van der Waals surface area (Å²) in [6, 6.07) is 4.26. The average Bonchev–Trinajstić information content (AvgIpc) is 3.11. The van der Waals surface area contributed by atoms with Gasteiger partial charge in [0.15, 0.2) is 5.96 Å². The third-order valence-electron chi connectivity index (χ3n) is 4.19. The van der Waals surface area contributed by atoms with Crippen LogP contribution >= 0.6 is 11.3 Å². The molecule has 1 aliphatic heterocycles. The van der Waals surface area contributed by atoms with Crippen LogP contribution in [-0.4, -0.2) is 68.2 Å². The molecule has 0 spiro atoms. The Balaban J connectivity index is 1.86. The maximum absolute atomic E-state index is 11.8. The van der Waals surface area contributed by atoms with E-state index in [0.717, 1.165) is 25.6 Å². The van der Waals surface area contributed by atoms with Crippen molar-refractivity contribution in [1.82, 2.24) is 15.1 Å². The van der Waals surface area contributed by atoms with E-state index in [-0.39, 0.29) is 11.5 Å². The Labute approximate surface area is 148 Å². The van der Waals surface area contributed by atoms with Gasteiger partial charge < -0.3 is 19.9 Å². The molecule has 0 aliphatic carbocycles. The quantitative estimate of drug-likeness (QED) is 0.668. The third-order valence-corrected chi connectivity index (χ3v) is 5.43. The molecule has 2 heterocycles. The van der Waals surface area contributed by atoms with E-state index in [0.29, 0.717) is 19.7 Å². The Morgan fingerprint density at radius 2 is 2.00 bits per heavy atom. The number of carbonyl (C=O) groups excluding carboxylic acids is 1. The molecule has 0 unspecified atom stereocenters. The predicted molar refractivity (Wildman–Crippen MR) is 98.9 cm³/mol. The van der Waals surface area contributed by atoms with Crippen molar-refractivity contribution in [3.05, 3.63) is 22.4 Å². The number of aliphatic imine (C=N–C) groups is 1. The van der Waals surface area contributed by atoms with Gasteiger partial charge in [-0.3, -0.25) is 4.99 Å². The van der Waals surface area contributed by atoms with Gasteiger partial charge in [-0.15, -0.1) is 11.3 Å². The van der Waals surface area contributed by atoms with Gasteiger partial charge in [-0.1, -0.05) is 19.9 Å². The van der Waals surface area contributed by atoms with E-state index in [1.54, 1.807) is 23.3 Å². The molecule has 1 N–H and O–H groups in total. The topological polar surface area (TPSA) is 57.2 Å². The Kier molecular flexibility index (Phi) is 6.48. The van der Waals surface area contributed by atoms with E-state index >= 15 is 0 Å². The highest BCUT2D eigenvalue weighted by Crippen LogP contribution is 2.26. The molecule has 0 saturated carbocycles. The van der Waals surface area contributed by atoms with Crippen LogP contribution in [0.5, 0.6) is 0 Å². The van der Waals surface area contributed by atoms with Crippen LogP contribution in [0.2, 0.25) is 0 Å². The lowest BCUT2D eigenvalue weighted by molar-refractivity contribution is 0.0914. The summed E-state index contributed by atoms with van der Waals surface area (Å²) < 4.78 is 5.06. The van der Waals surface area contributed by atoms with Gasteiger partial charge in [0.05, 0.1) is 6.61 Å². The van der Waals surface area contributed by atoms with Crippen molar-refractivity contribution in [2.75, 3.05) is 46.4 Å². The average molecular weight is 353 g/mol. The number of hydrogen-bond donors (Lipinski definition) is 1. The van der Waals surface area contributed by atoms with Crippen molar-refractivity contribution in [3.63, 3.8) is 0 Å². The van der Waals surface area contributed by atoms with Crippen LogP contribution in [0.15, 0.2) is 22.5 Å². The van der Waals surface area contributed by atoms with Crippen molar-refractivity contribution in [2.24, 2.45) is 4.99 Å². The number of amides is 1. The lowest BCUT2D eigenvalue weighted by Gasteiger charge is -2.36. The fraction of sp³-hybridized carbons (Fsp3) is 0.647. The first-order valence-electron chi connectivity index (χ1n) is 8.39. The van der Waals surface area contributed by atoms with Crippen molar-refractivity contribution in [2.45, 2.75) is 26.2 Å². The molecule has 1 aromatic heterocycles. The maximum Gasteiger partial charge on any atom is 0.409 e.